The summed E-state index contributed by atoms with van der Waals surface area (Å²) in [5.74, 6) is 0.291. The summed E-state index contributed by atoms with van der Waals surface area (Å²) >= 11 is 6.08. The second-order valence-electron chi connectivity index (χ2n) is 8.09. The first kappa shape index (κ1) is 20.6. The van der Waals surface area contributed by atoms with E-state index < -0.39 is 6.29 Å². The van der Waals surface area contributed by atoms with E-state index >= 15 is 0 Å². The molecule has 30 heavy (non-hydrogen) atoms. The fourth-order valence-corrected chi connectivity index (χ4v) is 4.30. The largest absolute Gasteiger partial charge is 0.323 e. The van der Waals surface area contributed by atoms with Crippen molar-refractivity contribution in [2.24, 2.45) is 5.92 Å². The number of carbonyl (C=O) groups excluding carboxylic acids is 1. The van der Waals surface area contributed by atoms with Crippen molar-refractivity contribution in [3.63, 3.8) is 0 Å². The maximum absolute atomic E-state index is 12.8. The molecule has 0 bridgehead atoms. The monoisotopic (exact) mass is 423 g/mol. The van der Waals surface area contributed by atoms with Crippen LogP contribution >= 0.6 is 11.6 Å². The number of hydrogen-bond donors (Lipinski definition) is 3. The van der Waals surface area contributed by atoms with Crippen LogP contribution in [-0.4, -0.2) is 28.2 Å². The molecule has 0 radical (unpaired) electrons. The van der Waals surface area contributed by atoms with Crippen molar-refractivity contribution in [3.05, 3.63) is 63.8 Å². The highest BCUT2D eigenvalue weighted by Gasteiger charge is 2.33. The third-order valence-electron chi connectivity index (χ3n) is 5.60. The Hall–Kier alpha value is -2.70. The predicted octanol–water partition coefficient (Wildman–Crippen LogP) is 3.87. The average Bonchev–Trinajstić information content (AvgIpc) is 2.66. The summed E-state index contributed by atoms with van der Waals surface area (Å²) in [4.78, 5) is 22.1. The molecular formula is C23H26ClN5O. The molecule has 3 N–H and O–H groups in total. The van der Waals surface area contributed by atoms with Gasteiger partial charge in [0.1, 0.15) is 0 Å². The SMILES string of the molecule is Cc1cc(C)c2nc(NC3NC(=O)C(Cc4cccc(Cl)c4)C(C)N3)nc(C)c2c1. The van der Waals surface area contributed by atoms with E-state index in [1.807, 2.05) is 38.1 Å². The lowest BCUT2D eigenvalue weighted by Crippen LogP contribution is -2.63. The van der Waals surface area contributed by atoms with Gasteiger partial charge in [0.2, 0.25) is 11.9 Å². The maximum Gasteiger partial charge on any atom is 0.227 e. The van der Waals surface area contributed by atoms with Gasteiger partial charge >= 0.3 is 0 Å². The molecule has 1 saturated heterocycles. The molecule has 1 fully saturated rings. The summed E-state index contributed by atoms with van der Waals surface area (Å²) in [5.41, 5.74) is 5.16. The molecule has 2 heterocycles. The van der Waals surface area contributed by atoms with Crippen LogP contribution < -0.4 is 16.0 Å². The normalized spacial score (nSPS) is 21.5. The molecule has 1 amide bonds. The zero-order valence-electron chi connectivity index (χ0n) is 17.6. The second kappa shape index (κ2) is 8.20. The van der Waals surface area contributed by atoms with Crippen LogP contribution in [0.3, 0.4) is 0 Å². The van der Waals surface area contributed by atoms with Gasteiger partial charge in [-0.1, -0.05) is 35.4 Å². The molecular weight excluding hydrogens is 398 g/mol. The summed E-state index contributed by atoms with van der Waals surface area (Å²) in [6.45, 7) is 8.11. The van der Waals surface area contributed by atoms with Gasteiger partial charge in [-0.15, -0.1) is 0 Å². The molecule has 3 unspecified atom stereocenters. The molecule has 2 aromatic carbocycles. The number of amides is 1. The van der Waals surface area contributed by atoms with Crippen LogP contribution in [0.25, 0.3) is 10.9 Å². The summed E-state index contributed by atoms with van der Waals surface area (Å²) in [6.07, 6.45) is 0.183. The Balaban J connectivity index is 1.50. The molecule has 0 spiro atoms. The average molecular weight is 424 g/mol. The lowest BCUT2D eigenvalue weighted by molar-refractivity contribution is -0.128. The first-order valence-electron chi connectivity index (χ1n) is 10.1. The molecule has 7 heteroatoms. The van der Waals surface area contributed by atoms with Crippen molar-refractivity contribution in [1.29, 1.82) is 0 Å². The third kappa shape index (κ3) is 4.25. The van der Waals surface area contributed by atoms with E-state index in [9.17, 15) is 4.79 Å². The predicted molar refractivity (Wildman–Crippen MR) is 121 cm³/mol. The van der Waals surface area contributed by atoms with Gasteiger partial charge in [0, 0.05) is 16.5 Å². The highest BCUT2D eigenvalue weighted by molar-refractivity contribution is 6.30. The number of fused-ring (bicyclic) bond motifs is 1. The lowest BCUT2D eigenvalue weighted by Gasteiger charge is -2.36. The number of nitrogens with zero attached hydrogens (tertiary/aromatic N) is 2. The quantitative estimate of drug-likeness (QED) is 0.593. The van der Waals surface area contributed by atoms with Crippen molar-refractivity contribution in [2.75, 3.05) is 5.32 Å². The highest BCUT2D eigenvalue weighted by Crippen LogP contribution is 2.23. The van der Waals surface area contributed by atoms with E-state index in [0.717, 1.165) is 27.7 Å². The number of halogens is 1. The summed E-state index contributed by atoms with van der Waals surface area (Å²) in [6, 6.07) is 11.8. The van der Waals surface area contributed by atoms with Gasteiger partial charge in [0.25, 0.3) is 0 Å². The van der Waals surface area contributed by atoms with E-state index in [1.54, 1.807) is 0 Å². The first-order valence-corrected chi connectivity index (χ1v) is 10.5. The first-order chi connectivity index (χ1) is 14.3. The molecule has 1 aliphatic rings. The van der Waals surface area contributed by atoms with Crippen molar-refractivity contribution < 1.29 is 4.79 Å². The fourth-order valence-electron chi connectivity index (χ4n) is 4.09. The van der Waals surface area contributed by atoms with Gasteiger partial charge in [-0.05, 0) is 63.4 Å². The van der Waals surface area contributed by atoms with E-state index in [4.69, 9.17) is 11.6 Å². The number of nitrogens with one attached hydrogen (secondary N) is 3. The second-order valence-corrected chi connectivity index (χ2v) is 8.53. The van der Waals surface area contributed by atoms with Gasteiger partial charge in [-0.3, -0.25) is 10.1 Å². The van der Waals surface area contributed by atoms with Gasteiger partial charge in [-0.25, -0.2) is 9.97 Å². The van der Waals surface area contributed by atoms with Crippen LogP contribution in [0.5, 0.6) is 0 Å². The number of aromatic nitrogens is 2. The summed E-state index contributed by atoms with van der Waals surface area (Å²) in [7, 11) is 0. The Morgan fingerprint density at radius 2 is 1.93 bits per heavy atom. The molecule has 3 atom stereocenters. The Kier molecular flexibility index (Phi) is 5.62. The minimum atomic E-state index is -0.439. The van der Waals surface area contributed by atoms with Gasteiger partial charge in [0.15, 0.2) is 6.29 Å². The molecule has 0 saturated carbocycles. The zero-order chi connectivity index (χ0) is 21.4. The number of rotatable bonds is 4. The maximum atomic E-state index is 12.8. The minimum Gasteiger partial charge on any atom is -0.323 e. The molecule has 6 nitrogen and oxygen atoms in total. The molecule has 0 aliphatic carbocycles. The third-order valence-corrected chi connectivity index (χ3v) is 5.84. The van der Waals surface area contributed by atoms with Gasteiger partial charge in [0.05, 0.1) is 17.1 Å². The van der Waals surface area contributed by atoms with Crippen LogP contribution in [0.1, 0.15) is 29.3 Å². The Morgan fingerprint density at radius 3 is 2.67 bits per heavy atom. The van der Waals surface area contributed by atoms with Crippen molar-refractivity contribution in [2.45, 2.75) is 46.4 Å². The molecule has 3 aromatic rings. The van der Waals surface area contributed by atoms with Crippen LogP contribution in [0.4, 0.5) is 5.95 Å². The van der Waals surface area contributed by atoms with Gasteiger partial charge < -0.3 is 10.6 Å². The summed E-state index contributed by atoms with van der Waals surface area (Å²) in [5, 5.41) is 11.4. The van der Waals surface area contributed by atoms with Crippen molar-refractivity contribution in [1.82, 2.24) is 20.6 Å². The van der Waals surface area contributed by atoms with E-state index in [2.05, 4.69) is 51.9 Å². The van der Waals surface area contributed by atoms with E-state index in [0.29, 0.717) is 17.4 Å². The molecule has 156 valence electrons. The lowest BCUT2D eigenvalue weighted by atomic mass is 9.91. The van der Waals surface area contributed by atoms with Crippen LogP contribution in [-0.2, 0) is 11.2 Å². The topological polar surface area (TPSA) is 78.9 Å². The fraction of sp³-hybridized carbons (Fsp3) is 0.348. The van der Waals surface area contributed by atoms with Gasteiger partial charge in [-0.2, -0.15) is 0 Å². The standard InChI is InChI=1S/C23H26ClN5O/c1-12-8-13(2)20-18(9-12)14(3)25-22(27-20)29-23-26-15(4)19(21(30)28-23)11-16-6-5-7-17(24)10-16/h5-10,15,19,23,26H,11H2,1-4H3,(H,28,30)(H,25,27,29). The Morgan fingerprint density at radius 1 is 1.13 bits per heavy atom. The Bertz CT molecular complexity index is 1120. The molecule has 1 aromatic heterocycles. The van der Waals surface area contributed by atoms with Crippen LogP contribution in [0, 0.1) is 26.7 Å². The Labute approximate surface area is 181 Å². The van der Waals surface area contributed by atoms with Crippen LogP contribution in [0.15, 0.2) is 36.4 Å². The highest BCUT2D eigenvalue weighted by atomic mass is 35.5. The minimum absolute atomic E-state index is 0.0111. The zero-order valence-corrected chi connectivity index (χ0v) is 18.3. The smallest absolute Gasteiger partial charge is 0.227 e. The molecule has 4 rings (SSSR count). The van der Waals surface area contributed by atoms with E-state index in [-0.39, 0.29) is 17.9 Å². The van der Waals surface area contributed by atoms with E-state index in [1.165, 1.54) is 5.56 Å². The van der Waals surface area contributed by atoms with Crippen LogP contribution in [0.2, 0.25) is 5.02 Å². The number of aryl methyl sites for hydroxylation is 3. The van der Waals surface area contributed by atoms with Crippen molar-refractivity contribution in [3.8, 4) is 0 Å². The number of carbonyl (C=O) groups is 1. The number of anilines is 1. The summed E-state index contributed by atoms with van der Waals surface area (Å²) < 4.78 is 0. The number of hydrogen-bond acceptors (Lipinski definition) is 5. The van der Waals surface area contributed by atoms with Crippen molar-refractivity contribution >= 4 is 34.4 Å². The number of benzene rings is 2. The molecule has 1 aliphatic heterocycles.